The van der Waals surface area contributed by atoms with Gasteiger partial charge in [0.1, 0.15) is 13.2 Å². The third kappa shape index (κ3) is 36.9. The maximum atomic E-state index is 12.8. The van der Waals surface area contributed by atoms with Crippen molar-refractivity contribution in [2.24, 2.45) is 0 Å². The van der Waals surface area contributed by atoms with Crippen LogP contribution in [-0.4, -0.2) is 73.4 Å². The van der Waals surface area contributed by atoms with E-state index < -0.39 is 20.0 Å². The Hall–Kier alpha value is -1.28. The monoisotopic (exact) mass is 742 g/mol. The molecule has 0 aromatic carbocycles. The number of allylic oxidation sites excluding steroid dienone is 5. The molecular weight excluding hydrogens is 659 g/mol. The highest BCUT2D eigenvalue weighted by Gasteiger charge is 2.27. The van der Waals surface area contributed by atoms with Crippen molar-refractivity contribution >= 4 is 13.7 Å². The Morgan fingerprint density at radius 2 is 1.08 bits per heavy atom. The zero-order valence-electron chi connectivity index (χ0n) is 33.8. The lowest BCUT2D eigenvalue weighted by Crippen LogP contribution is -2.45. The number of carbonyl (C=O) groups excluding carboxylic acids is 1. The number of likely N-dealkylation sites (N-methyl/N-ethyl adjacent to an activating group) is 1. The normalized spacial score (nSPS) is 14.9. The zero-order chi connectivity index (χ0) is 37.9. The largest absolute Gasteiger partial charge is 0.472 e. The fraction of sp³-hybridized carbons (Fsp3) is 0.833. The first-order chi connectivity index (χ1) is 24.5. The number of nitrogens with one attached hydrogen (secondary N) is 1. The number of phosphoric ester groups is 1. The Balaban J connectivity index is 4.47. The molecule has 0 aliphatic rings. The van der Waals surface area contributed by atoms with Crippen LogP contribution in [0.1, 0.15) is 174 Å². The predicted octanol–water partition coefficient (Wildman–Crippen LogP) is 11.1. The molecule has 0 bridgehead atoms. The minimum absolute atomic E-state index is 0.0543. The Morgan fingerprint density at radius 3 is 1.55 bits per heavy atom. The van der Waals surface area contributed by atoms with Crippen LogP contribution in [0.15, 0.2) is 36.5 Å². The molecule has 3 N–H and O–H groups in total. The number of carbonyl (C=O) groups is 1. The van der Waals surface area contributed by atoms with Crippen LogP contribution in [-0.2, 0) is 18.4 Å². The van der Waals surface area contributed by atoms with Crippen molar-refractivity contribution in [3.05, 3.63) is 36.5 Å². The van der Waals surface area contributed by atoms with E-state index >= 15 is 0 Å². The molecule has 9 heteroatoms. The van der Waals surface area contributed by atoms with E-state index in [0.717, 1.165) is 51.4 Å². The number of aliphatic hydroxyl groups is 1. The molecule has 0 fully saturated rings. The van der Waals surface area contributed by atoms with Crippen molar-refractivity contribution in [1.29, 1.82) is 0 Å². The highest BCUT2D eigenvalue weighted by molar-refractivity contribution is 7.47. The second-order valence-corrected chi connectivity index (χ2v) is 16.8. The first-order valence-electron chi connectivity index (χ1n) is 20.9. The lowest BCUT2D eigenvalue weighted by Gasteiger charge is -2.25. The number of rotatable bonds is 37. The average Bonchev–Trinajstić information content (AvgIpc) is 3.07. The summed E-state index contributed by atoms with van der Waals surface area (Å²) in [6.07, 6.45) is 40.7. The molecule has 8 nitrogen and oxygen atoms in total. The lowest BCUT2D eigenvalue weighted by molar-refractivity contribution is -0.870. The van der Waals surface area contributed by atoms with Gasteiger partial charge in [-0.25, -0.2) is 4.57 Å². The van der Waals surface area contributed by atoms with Crippen LogP contribution in [0.2, 0.25) is 0 Å². The van der Waals surface area contributed by atoms with Crippen LogP contribution in [0.5, 0.6) is 0 Å². The molecule has 3 atom stereocenters. The highest BCUT2D eigenvalue weighted by atomic mass is 31.2. The fourth-order valence-electron chi connectivity index (χ4n) is 5.70. The smallest absolute Gasteiger partial charge is 0.387 e. The molecule has 1 amide bonds. The van der Waals surface area contributed by atoms with Gasteiger partial charge in [-0.15, -0.1) is 0 Å². The third-order valence-corrected chi connectivity index (χ3v) is 10.1. The minimum atomic E-state index is -4.34. The van der Waals surface area contributed by atoms with Crippen LogP contribution < -0.4 is 5.32 Å². The van der Waals surface area contributed by atoms with Crippen molar-refractivity contribution in [3.63, 3.8) is 0 Å². The maximum Gasteiger partial charge on any atom is 0.472 e. The molecule has 51 heavy (non-hydrogen) atoms. The second-order valence-electron chi connectivity index (χ2n) is 15.4. The van der Waals surface area contributed by atoms with E-state index in [1.807, 2.05) is 27.2 Å². The van der Waals surface area contributed by atoms with Gasteiger partial charge in [-0.2, -0.15) is 0 Å². The summed E-state index contributed by atoms with van der Waals surface area (Å²) >= 11 is 0. The molecule has 0 rings (SSSR count). The van der Waals surface area contributed by atoms with Gasteiger partial charge in [-0.1, -0.05) is 166 Å². The molecule has 0 aromatic heterocycles. The summed E-state index contributed by atoms with van der Waals surface area (Å²) in [5.74, 6) is -0.192. The van der Waals surface area contributed by atoms with Crippen molar-refractivity contribution in [3.8, 4) is 0 Å². The summed E-state index contributed by atoms with van der Waals surface area (Å²) in [6, 6.07) is -0.864. The summed E-state index contributed by atoms with van der Waals surface area (Å²) in [6.45, 7) is 4.73. The van der Waals surface area contributed by atoms with Gasteiger partial charge in [0, 0.05) is 6.42 Å². The van der Waals surface area contributed by atoms with Gasteiger partial charge in [0.2, 0.25) is 5.91 Å². The summed E-state index contributed by atoms with van der Waals surface area (Å²) < 4.78 is 23.5. The highest BCUT2D eigenvalue weighted by Crippen LogP contribution is 2.43. The van der Waals surface area contributed by atoms with Gasteiger partial charge in [0.05, 0.1) is 39.9 Å². The van der Waals surface area contributed by atoms with Crippen LogP contribution in [0.3, 0.4) is 0 Å². The van der Waals surface area contributed by atoms with Crippen LogP contribution >= 0.6 is 7.82 Å². The quantitative estimate of drug-likeness (QED) is 0.0253. The van der Waals surface area contributed by atoms with Crippen LogP contribution in [0.25, 0.3) is 0 Å². The predicted molar refractivity (Wildman–Crippen MR) is 217 cm³/mol. The minimum Gasteiger partial charge on any atom is -0.387 e. The first kappa shape index (κ1) is 49.7. The molecule has 0 aliphatic heterocycles. The van der Waals surface area contributed by atoms with E-state index in [1.54, 1.807) is 6.08 Å². The number of unbranched alkanes of at least 4 members (excludes halogenated alkanes) is 20. The summed E-state index contributed by atoms with van der Waals surface area (Å²) in [4.78, 5) is 23.0. The molecule has 300 valence electrons. The van der Waals surface area contributed by atoms with Crippen molar-refractivity contribution in [2.45, 2.75) is 187 Å². The van der Waals surface area contributed by atoms with Gasteiger partial charge in [0.25, 0.3) is 0 Å². The number of aliphatic hydroxyl groups excluding tert-OH is 1. The van der Waals surface area contributed by atoms with E-state index in [9.17, 15) is 19.4 Å². The lowest BCUT2D eigenvalue weighted by atomic mass is 10.0. The van der Waals surface area contributed by atoms with Crippen LogP contribution in [0.4, 0.5) is 0 Å². The number of phosphoric acid groups is 1. The molecule has 0 radical (unpaired) electrons. The Kier molecular flexibility index (Phi) is 33.6. The molecule has 0 saturated carbocycles. The Morgan fingerprint density at radius 1 is 0.647 bits per heavy atom. The molecular formula is C42H82N2O6P+. The second kappa shape index (κ2) is 34.5. The van der Waals surface area contributed by atoms with Crippen molar-refractivity contribution in [1.82, 2.24) is 5.32 Å². The number of hydrogen-bond donors (Lipinski definition) is 3. The van der Waals surface area contributed by atoms with Crippen molar-refractivity contribution < 1.29 is 32.9 Å². The standard InChI is InChI=1S/C42H81N2O6P/c1-6-8-10-12-14-16-18-20-21-22-23-24-26-28-30-32-34-36-42(46)43-40(39-50-51(47,48)49-38-37-44(3,4)5)41(45)35-33-31-29-27-25-19-17-15-13-11-9-7-2/h13,15,25,27,33,35,40-41,45H,6-12,14,16-24,26,28-32,34,36-39H2,1-5H3,(H-,43,46,47,48)/p+1/b15-13+,27-25+,35-33+. The summed E-state index contributed by atoms with van der Waals surface area (Å²) in [7, 11) is 1.55. The molecule has 3 unspecified atom stereocenters. The topological polar surface area (TPSA) is 105 Å². The number of hydrogen-bond acceptors (Lipinski definition) is 5. The van der Waals surface area contributed by atoms with E-state index in [-0.39, 0.29) is 19.1 Å². The summed E-state index contributed by atoms with van der Waals surface area (Å²) in [5.41, 5.74) is 0. The average molecular weight is 742 g/mol. The number of quaternary nitrogens is 1. The third-order valence-electron chi connectivity index (χ3n) is 9.09. The van der Waals surface area contributed by atoms with Crippen LogP contribution in [0, 0.1) is 0 Å². The molecule has 0 saturated heterocycles. The van der Waals surface area contributed by atoms with E-state index in [0.29, 0.717) is 17.4 Å². The maximum absolute atomic E-state index is 12.8. The Bertz CT molecular complexity index is 933. The molecule has 0 heterocycles. The van der Waals surface area contributed by atoms with E-state index in [4.69, 9.17) is 9.05 Å². The van der Waals surface area contributed by atoms with Gasteiger partial charge in [0.15, 0.2) is 0 Å². The van der Waals surface area contributed by atoms with Gasteiger partial charge in [-0.3, -0.25) is 13.8 Å². The first-order valence-corrected chi connectivity index (χ1v) is 22.4. The fourth-order valence-corrected chi connectivity index (χ4v) is 6.44. The van der Waals surface area contributed by atoms with E-state index in [2.05, 4.69) is 43.5 Å². The van der Waals surface area contributed by atoms with Crippen molar-refractivity contribution in [2.75, 3.05) is 40.9 Å². The number of amides is 1. The SMILES string of the molecule is CCCC/C=C/CC/C=C/CC/C=C/C(O)C(COP(=O)(O)OCC[N+](C)(C)C)NC(=O)CCCCCCCCCCCCCCCCCCC. The molecule has 0 aromatic rings. The van der Waals surface area contributed by atoms with Gasteiger partial charge < -0.3 is 19.8 Å². The van der Waals surface area contributed by atoms with Gasteiger partial charge in [-0.05, 0) is 38.5 Å². The Labute approximate surface area is 315 Å². The molecule has 0 spiro atoms. The molecule has 0 aliphatic carbocycles. The van der Waals surface area contributed by atoms with E-state index in [1.165, 1.54) is 103 Å². The number of nitrogens with zero attached hydrogens (tertiary/aromatic N) is 1. The van der Waals surface area contributed by atoms with Gasteiger partial charge >= 0.3 is 7.82 Å². The zero-order valence-corrected chi connectivity index (χ0v) is 34.7. The summed E-state index contributed by atoms with van der Waals surface area (Å²) in [5, 5.41) is 13.7.